The highest BCUT2D eigenvalue weighted by Crippen LogP contribution is 2.45. The van der Waals surface area contributed by atoms with E-state index < -0.39 is 6.10 Å². The Morgan fingerprint density at radius 2 is 2.33 bits per heavy atom. The Hall–Kier alpha value is -1.35. The summed E-state index contributed by atoms with van der Waals surface area (Å²) in [7, 11) is 0. The van der Waals surface area contributed by atoms with Gasteiger partial charge < -0.3 is 9.47 Å². The molecule has 0 spiro atoms. The van der Waals surface area contributed by atoms with Gasteiger partial charge in [-0.05, 0) is 33.1 Å². The number of allylic oxidation sites excluding steroid dienone is 3. The van der Waals surface area contributed by atoms with Crippen LogP contribution in [0, 0.1) is 0 Å². The SMILES string of the molecule is C=CC(=C)CCC[C@@]1(C)O[C@H]1[C@H]1OC(C)=CC1=O. The average molecular weight is 248 g/mol. The highest BCUT2D eigenvalue weighted by Gasteiger charge is 2.59. The maximum Gasteiger partial charge on any atom is 0.202 e. The fraction of sp³-hybridized carbons (Fsp3) is 0.533. The summed E-state index contributed by atoms with van der Waals surface area (Å²) in [5, 5.41) is 0. The first-order valence-electron chi connectivity index (χ1n) is 6.33. The van der Waals surface area contributed by atoms with Crippen LogP contribution in [0.4, 0.5) is 0 Å². The molecule has 0 radical (unpaired) electrons. The minimum absolute atomic E-state index is 0.0247. The van der Waals surface area contributed by atoms with Crippen molar-refractivity contribution in [1.82, 2.24) is 0 Å². The van der Waals surface area contributed by atoms with E-state index in [0.29, 0.717) is 5.76 Å². The van der Waals surface area contributed by atoms with Gasteiger partial charge in [0.05, 0.1) is 11.4 Å². The fourth-order valence-corrected chi connectivity index (χ4v) is 2.39. The summed E-state index contributed by atoms with van der Waals surface area (Å²) in [5.41, 5.74) is 0.821. The molecule has 3 nitrogen and oxygen atoms in total. The van der Waals surface area contributed by atoms with Gasteiger partial charge in [0.25, 0.3) is 0 Å². The van der Waals surface area contributed by atoms with Gasteiger partial charge in [-0.15, -0.1) is 0 Å². The normalized spacial score (nSPS) is 33.9. The zero-order chi connectivity index (χ0) is 13.3. The largest absolute Gasteiger partial charge is 0.484 e. The first kappa shape index (κ1) is 13.1. The molecular formula is C15H20O3. The lowest BCUT2D eigenvalue weighted by Gasteiger charge is -2.11. The van der Waals surface area contributed by atoms with E-state index in [0.717, 1.165) is 24.8 Å². The molecule has 0 aromatic carbocycles. The van der Waals surface area contributed by atoms with E-state index in [1.807, 2.05) is 6.92 Å². The van der Waals surface area contributed by atoms with Crippen molar-refractivity contribution in [2.45, 2.75) is 50.9 Å². The number of rotatable bonds is 6. The molecule has 0 unspecified atom stereocenters. The highest BCUT2D eigenvalue weighted by molar-refractivity contribution is 5.96. The lowest BCUT2D eigenvalue weighted by Crippen LogP contribution is -2.28. The van der Waals surface area contributed by atoms with E-state index in [1.165, 1.54) is 0 Å². The summed E-state index contributed by atoms with van der Waals surface area (Å²) in [6.07, 6.45) is 5.62. The van der Waals surface area contributed by atoms with Gasteiger partial charge >= 0.3 is 0 Å². The van der Waals surface area contributed by atoms with Gasteiger partial charge in [-0.25, -0.2) is 0 Å². The molecule has 0 aromatic rings. The smallest absolute Gasteiger partial charge is 0.202 e. The van der Waals surface area contributed by atoms with Crippen molar-refractivity contribution < 1.29 is 14.3 Å². The average Bonchev–Trinajstić information content (AvgIpc) is 2.85. The molecule has 2 heterocycles. The van der Waals surface area contributed by atoms with Crippen LogP contribution in [-0.2, 0) is 14.3 Å². The summed E-state index contributed by atoms with van der Waals surface area (Å²) >= 11 is 0. The molecule has 0 bridgehead atoms. The van der Waals surface area contributed by atoms with Gasteiger partial charge in [0.15, 0.2) is 6.10 Å². The lowest BCUT2D eigenvalue weighted by atomic mass is 9.95. The Balaban J connectivity index is 1.80. The monoisotopic (exact) mass is 248 g/mol. The molecule has 0 saturated carbocycles. The fourth-order valence-electron chi connectivity index (χ4n) is 2.39. The van der Waals surface area contributed by atoms with Gasteiger partial charge in [-0.3, -0.25) is 4.79 Å². The molecule has 0 N–H and O–H groups in total. The molecule has 3 heteroatoms. The van der Waals surface area contributed by atoms with Gasteiger partial charge in [0, 0.05) is 6.08 Å². The second kappa shape index (κ2) is 4.73. The van der Waals surface area contributed by atoms with Gasteiger partial charge in [0.1, 0.15) is 6.10 Å². The first-order chi connectivity index (χ1) is 8.46. The number of carbonyl (C=O) groups is 1. The number of hydrogen-bond donors (Lipinski definition) is 0. The van der Waals surface area contributed by atoms with E-state index in [-0.39, 0.29) is 17.5 Å². The van der Waals surface area contributed by atoms with Crippen molar-refractivity contribution in [2.75, 3.05) is 0 Å². The molecule has 1 saturated heterocycles. The molecule has 2 rings (SSSR count). The molecule has 2 aliphatic heterocycles. The van der Waals surface area contributed by atoms with Crippen molar-refractivity contribution in [3.8, 4) is 0 Å². The maximum absolute atomic E-state index is 11.7. The van der Waals surface area contributed by atoms with Crippen molar-refractivity contribution in [2.24, 2.45) is 0 Å². The number of ether oxygens (including phenoxy) is 2. The van der Waals surface area contributed by atoms with E-state index in [9.17, 15) is 4.79 Å². The van der Waals surface area contributed by atoms with Crippen LogP contribution in [0.15, 0.2) is 36.6 Å². The van der Waals surface area contributed by atoms with Crippen molar-refractivity contribution in [3.05, 3.63) is 36.6 Å². The van der Waals surface area contributed by atoms with Crippen LogP contribution in [0.3, 0.4) is 0 Å². The first-order valence-corrected chi connectivity index (χ1v) is 6.33. The number of hydrogen-bond acceptors (Lipinski definition) is 3. The molecular weight excluding hydrogens is 228 g/mol. The Bertz CT molecular complexity index is 421. The summed E-state index contributed by atoms with van der Waals surface area (Å²) in [4.78, 5) is 11.7. The molecule has 0 aromatic heterocycles. The van der Waals surface area contributed by atoms with E-state index in [1.54, 1.807) is 19.1 Å². The third-order valence-electron chi connectivity index (χ3n) is 3.61. The van der Waals surface area contributed by atoms with Gasteiger partial charge in [0.2, 0.25) is 5.78 Å². The van der Waals surface area contributed by atoms with Crippen molar-refractivity contribution in [1.29, 1.82) is 0 Å². The van der Waals surface area contributed by atoms with E-state index >= 15 is 0 Å². The van der Waals surface area contributed by atoms with Crippen LogP contribution in [0.1, 0.15) is 33.1 Å². The maximum atomic E-state index is 11.7. The van der Waals surface area contributed by atoms with Gasteiger partial charge in [-0.2, -0.15) is 0 Å². The number of carbonyl (C=O) groups excluding carboxylic acids is 1. The Kier molecular flexibility index (Phi) is 3.44. The van der Waals surface area contributed by atoms with Crippen LogP contribution in [0.5, 0.6) is 0 Å². The molecule has 2 aliphatic rings. The third kappa shape index (κ3) is 2.56. The zero-order valence-electron chi connectivity index (χ0n) is 11.1. The molecule has 1 fully saturated rings. The van der Waals surface area contributed by atoms with E-state index in [4.69, 9.17) is 9.47 Å². The Labute approximate surface area is 108 Å². The highest BCUT2D eigenvalue weighted by atomic mass is 16.6. The topological polar surface area (TPSA) is 38.8 Å². The second-order valence-corrected chi connectivity index (χ2v) is 5.26. The zero-order valence-corrected chi connectivity index (χ0v) is 11.1. The van der Waals surface area contributed by atoms with Crippen molar-refractivity contribution >= 4 is 5.78 Å². The lowest BCUT2D eigenvalue weighted by molar-refractivity contribution is -0.121. The predicted molar refractivity (Wildman–Crippen MR) is 70.1 cm³/mol. The predicted octanol–water partition coefficient (Wildman–Crippen LogP) is 2.93. The van der Waals surface area contributed by atoms with Crippen LogP contribution in [0.25, 0.3) is 0 Å². The summed E-state index contributed by atoms with van der Waals surface area (Å²) in [6, 6.07) is 0. The minimum atomic E-state index is -0.433. The van der Waals surface area contributed by atoms with E-state index in [2.05, 4.69) is 13.2 Å². The number of ketones is 1. The minimum Gasteiger partial charge on any atom is -0.484 e. The summed E-state index contributed by atoms with van der Waals surface area (Å²) in [5.74, 6) is 0.708. The van der Waals surface area contributed by atoms with Crippen LogP contribution >= 0.6 is 0 Å². The molecule has 3 atom stereocenters. The molecule has 0 aliphatic carbocycles. The Morgan fingerprint density at radius 1 is 1.61 bits per heavy atom. The Morgan fingerprint density at radius 3 is 2.89 bits per heavy atom. The molecule has 18 heavy (non-hydrogen) atoms. The molecule has 0 amide bonds. The van der Waals surface area contributed by atoms with Crippen LogP contribution in [0.2, 0.25) is 0 Å². The van der Waals surface area contributed by atoms with Gasteiger partial charge in [-0.1, -0.05) is 24.8 Å². The second-order valence-electron chi connectivity index (χ2n) is 5.26. The third-order valence-corrected chi connectivity index (χ3v) is 3.61. The molecule has 98 valence electrons. The summed E-state index contributed by atoms with van der Waals surface area (Å²) < 4.78 is 11.2. The standard InChI is InChI=1S/C15H20O3/c1-5-10(2)7-6-8-15(4)14(18-15)13-12(16)9-11(3)17-13/h5,9,13-14H,1-2,6-8H2,3-4H3/t13-,14-,15+/m0/s1. The summed E-state index contributed by atoms with van der Waals surface area (Å²) in [6.45, 7) is 11.4. The van der Waals surface area contributed by atoms with Crippen LogP contribution < -0.4 is 0 Å². The van der Waals surface area contributed by atoms with Crippen LogP contribution in [-0.4, -0.2) is 23.6 Å². The van der Waals surface area contributed by atoms with Crippen molar-refractivity contribution in [3.63, 3.8) is 0 Å². The number of epoxide rings is 1. The quantitative estimate of drug-likeness (QED) is 0.536.